The number of fused-ring (bicyclic) bond motifs is 5. The zero-order valence-corrected chi connectivity index (χ0v) is 21.7. The maximum Gasteiger partial charge on any atom is 0.302 e. The molecule has 4 fully saturated rings. The van der Waals surface area contributed by atoms with Crippen LogP contribution < -0.4 is 0 Å². The summed E-state index contributed by atoms with van der Waals surface area (Å²) in [6, 6.07) is 0. The van der Waals surface area contributed by atoms with Crippen LogP contribution in [0.2, 0.25) is 0 Å². The summed E-state index contributed by atoms with van der Waals surface area (Å²) in [5, 5.41) is 11.4. The van der Waals surface area contributed by atoms with Gasteiger partial charge in [0.1, 0.15) is 6.10 Å². The minimum atomic E-state index is -0.232. The number of hydrogen-bond acceptors (Lipinski definition) is 3. The first-order valence-electron chi connectivity index (χ1n) is 13.9. The van der Waals surface area contributed by atoms with Crippen molar-refractivity contribution in [3.63, 3.8) is 0 Å². The fourth-order valence-corrected chi connectivity index (χ4v) is 9.75. The largest absolute Gasteiger partial charge is 0.462 e. The number of hydrogen-bond donors (Lipinski definition) is 1. The van der Waals surface area contributed by atoms with Gasteiger partial charge in [0.15, 0.2) is 0 Å². The molecule has 0 aliphatic heterocycles. The van der Waals surface area contributed by atoms with Gasteiger partial charge in [-0.25, -0.2) is 0 Å². The van der Waals surface area contributed by atoms with E-state index in [1.165, 1.54) is 44.9 Å². The summed E-state index contributed by atoms with van der Waals surface area (Å²) in [7, 11) is 0. The molecule has 0 bridgehead atoms. The number of ether oxygens (including phenoxy) is 1. The molecule has 1 N–H and O–H groups in total. The Hall–Kier alpha value is -0.570. The van der Waals surface area contributed by atoms with Crippen molar-refractivity contribution < 1.29 is 14.6 Å². The van der Waals surface area contributed by atoms with E-state index < -0.39 is 0 Å². The first kappa shape index (κ1) is 24.6. The van der Waals surface area contributed by atoms with E-state index in [0.717, 1.165) is 49.4 Å². The SMILES string of the molecule is CC(=O)OC1CCCC2C(O)C[C@@H]3[C@H](CC[C@]4(C)[C@@H]([C@H](C)CCCC(C)C)CC[C@@H]34)[C@@]12C. The Morgan fingerprint density at radius 1 is 1.00 bits per heavy atom. The van der Waals surface area contributed by atoms with E-state index >= 15 is 0 Å². The number of carbonyl (C=O) groups is 1. The number of aliphatic hydroxyl groups is 1. The van der Waals surface area contributed by atoms with Crippen LogP contribution in [-0.4, -0.2) is 23.3 Å². The van der Waals surface area contributed by atoms with E-state index in [0.29, 0.717) is 23.2 Å². The Morgan fingerprint density at radius 3 is 2.44 bits per heavy atom. The van der Waals surface area contributed by atoms with E-state index in [9.17, 15) is 9.90 Å². The molecule has 184 valence electrons. The van der Waals surface area contributed by atoms with Crippen molar-refractivity contribution in [2.75, 3.05) is 0 Å². The molecule has 3 nitrogen and oxygen atoms in total. The minimum Gasteiger partial charge on any atom is -0.462 e. The average molecular weight is 447 g/mol. The second-order valence-electron chi connectivity index (χ2n) is 13.2. The van der Waals surface area contributed by atoms with E-state index in [-0.39, 0.29) is 23.6 Å². The van der Waals surface area contributed by atoms with Crippen molar-refractivity contribution in [3.8, 4) is 0 Å². The molecule has 0 radical (unpaired) electrons. The number of esters is 1. The summed E-state index contributed by atoms with van der Waals surface area (Å²) in [5.41, 5.74) is 0.363. The lowest BCUT2D eigenvalue weighted by atomic mass is 9.43. The molecule has 0 aromatic rings. The zero-order chi connectivity index (χ0) is 23.3. The zero-order valence-electron chi connectivity index (χ0n) is 21.7. The fraction of sp³-hybridized carbons (Fsp3) is 0.966. The van der Waals surface area contributed by atoms with Gasteiger partial charge in [-0.15, -0.1) is 0 Å². The summed E-state index contributed by atoms with van der Waals surface area (Å²) in [6.07, 6.45) is 13.2. The number of rotatable bonds is 6. The fourth-order valence-electron chi connectivity index (χ4n) is 9.75. The molecule has 4 rings (SSSR count). The van der Waals surface area contributed by atoms with Gasteiger partial charge in [0.05, 0.1) is 6.10 Å². The Balaban J connectivity index is 1.55. The third kappa shape index (κ3) is 4.07. The summed E-state index contributed by atoms with van der Waals surface area (Å²) >= 11 is 0. The van der Waals surface area contributed by atoms with Gasteiger partial charge in [0.25, 0.3) is 0 Å². The topological polar surface area (TPSA) is 46.5 Å². The van der Waals surface area contributed by atoms with Crippen molar-refractivity contribution in [1.29, 1.82) is 0 Å². The molecule has 32 heavy (non-hydrogen) atoms. The lowest BCUT2D eigenvalue weighted by Gasteiger charge is -2.63. The highest BCUT2D eigenvalue weighted by Crippen LogP contribution is 2.68. The number of aliphatic hydroxyl groups excluding tert-OH is 1. The smallest absolute Gasteiger partial charge is 0.302 e. The van der Waals surface area contributed by atoms with Gasteiger partial charge >= 0.3 is 5.97 Å². The van der Waals surface area contributed by atoms with E-state index in [4.69, 9.17) is 4.74 Å². The molecule has 3 unspecified atom stereocenters. The van der Waals surface area contributed by atoms with Crippen LogP contribution in [-0.2, 0) is 9.53 Å². The Morgan fingerprint density at radius 2 is 1.75 bits per heavy atom. The third-order valence-corrected chi connectivity index (χ3v) is 11.2. The molecule has 0 heterocycles. The molecule has 0 amide bonds. The molecule has 3 heteroatoms. The van der Waals surface area contributed by atoms with Crippen LogP contribution in [0.3, 0.4) is 0 Å². The Labute approximate surface area is 197 Å². The second-order valence-corrected chi connectivity index (χ2v) is 13.2. The minimum absolute atomic E-state index is 0.0160. The highest BCUT2D eigenvalue weighted by atomic mass is 16.5. The molecule has 0 aromatic carbocycles. The molecule has 10 atom stereocenters. The predicted octanol–water partition coefficient (Wildman–Crippen LogP) is 7.01. The average Bonchev–Trinajstić information content (AvgIpc) is 3.06. The van der Waals surface area contributed by atoms with Crippen molar-refractivity contribution in [3.05, 3.63) is 0 Å². The van der Waals surface area contributed by atoms with Gasteiger partial charge < -0.3 is 9.84 Å². The van der Waals surface area contributed by atoms with Crippen LogP contribution in [0.4, 0.5) is 0 Å². The molecule has 4 saturated carbocycles. The van der Waals surface area contributed by atoms with Crippen LogP contribution in [0.15, 0.2) is 0 Å². The predicted molar refractivity (Wildman–Crippen MR) is 130 cm³/mol. The lowest BCUT2D eigenvalue weighted by Crippen LogP contribution is -2.62. The first-order valence-corrected chi connectivity index (χ1v) is 13.9. The highest BCUT2D eigenvalue weighted by molar-refractivity contribution is 5.66. The van der Waals surface area contributed by atoms with Crippen LogP contribution in [0.1, 0.15) is 112 Å². The van der Waals surface area contributed by atoms with E-state index in [1.54, 1.807) is 6.92 Å². The Kier molecular flexibility index (Phi) is 7.08. The monoisotopic (exact) mass is 446 g/mol. The summed E-state index contributed by atoms with van der Waals surface area (Å²) in [6.45, 7) is 13.8. The molecule has 0 aromatic heterocycles. The van der Waals surface area contributed by atoms with Gasteiger partial charge in [-0.2, -0.15) is 0 Å². The van der Waals surface area contributed by atoms with Gasteiger partial charge in [0, 0.05) is 12.3 Å². The van der Waals surface area contributed by atoms with Gasteiger partial charge in [-0.3, -0.25) is 4.79 Å². The summed E-state index contributed by atoms with van der Waals surface area (Å²) in [4.78, 5) is 12.0. The van der Waals surface area contributed by atoms with Crippen LogP contribution >= 0.6 is 0 Å². The molecular formula is C29H50O3. The molecule has 0 spiro atoms. The van der Waals surface area contributed by atoms with Gasteiger partial charge in [-0.05, 0) is 98.2 Å². The van der Waals surface area contributed by atoms with Crippen molar-refractivity contribution in [2.24, 2.45) is 52.3 Å². The highest BCUT2D eigenvalue weighted by Gasteiger charge is 2.64. The lowest BCUT2D eigenvalue weighted by molar-refractivity contribution is -0.212. The van der Waals surface area contributed by atoms with Crippen molar-refractivity contribution in [2.45, 2.75) is 124 Å². The molecular weight excluding hydrogens is 396 g/mol. The summed E-state index contributed by atoms with van der Waals surface area (Å²) in [5.74, 6) is 4.50. The standard InChI is InChI=1S/C29H50O3/c1-18(2)9-7-10-19(3)22-13-14-23-21-17-26(31)25-11-8-12-27(32-20(4)30)29(25,6)24(21)15-16-28(22,23)5/h18-19,21-27,31H,7-17H2,1-6H3/t19-,21+,22-,23+,24+,25?,26?,27?,28-,29-/m1/s1. The molecule has 4 aliphatic carbocycles. The first-order chi connectivity index (χ1) is 15.1. The maximum atomic E-state index is 12.0. The second kappa shape index (κ2) is 9.23. The van der Waals surface area contributed by atoms with Crippen LogP contribution in [0.5, 0.6) is 0 Å². The van der Waals surface area contributed by atoms with Gasteiger partial charge in [0.2, 0.25) is 0 Å². The Bertz CT molecular complexity index is 673. The molecule has 0 saturated heterocycles. The normalized spacial score (nSPS) is 46.8. The van der Waals surface area contributed by atoms with E-state index in [1.807, 2.05) is 0 Å². The van der Waals surface area contributed by atoms with Crippen LogP contribution in [0, 0.1) is 52.3 Å². The maximum absolute atomic E-state index is 12.0. The van der Waals surface area contributed by atoms with Crippen molar-refractivity contribution in [1.82, 2.24) is 0 Å². The third-order valence-electron chi connectivity index (χ3n) is 11.2. The summed E-state index contributed by atoms with van der Waals surface area (Å²) < 4.78 is 5.97. The van der Waals surface area contributed by atoms with Crippen LogP contribution in [0.25, 0.3) is 0 Å². The molecule has 4 aliphatic rings. The quantitative estimate of drug-likeness (QED) is 0.446. The van der Waals surface area contributed by atoms with Gasteiger partial charge in [-0.1, -0.05) is 53.9 Å². The van der Waals surface area contributed by atoms with E-state index in [2.05, 4.69) is 34.6 Å². The number of carbonyl (C=O) groups excluding carboxylic acids is 1. The van der Waals surface area contributed by atoms with Crippen molar-refractivity contribution >= 4 is 5.97 Å².